The molecule has 9 nitrogen and oxygen atoms in total. The summed E-state index contributed by atoms with van der Waals surface area (Å²) in [6, 6.07) is 1.73. The Hall–Kier alpha value is -4.13. The Kier molecular flexibility index (Phi) is 6.93. The van der Waals surface area contributed by atoms with Gasteiger partial charge in [0.05, 0.1) is 54.1 Å². The third-order valence-electron chi connectivity index (χ3n) is 6.21. The molecule has 4 aromatic rings. The van der Waals surface area contributed by atoms with Crippen LogP contribution in [-0.2, 0) is 0 Å². The lowest BCUT2D eigenvalue weighted by Crippen LogP contribution is -2.57. The minimum Gasteiger partial charge on any atom is -0.334 e. The largest absolute Gasteiger partial charge is 0.334 e. The molecule has 202 valence electrons. The van der Waals surface area contributed by atoms with Crippen LogP contribution in [0.15, 0.2) is 49.3 Å². The van der Waals surface area contributed by atoms with E-state index >= 15 is 0 Å². The summed E-state index contributed by atoms with van der Waals surface area (Å²) >= 11 is 5.78. The van der Waals surface area contributed by atoms with Crippen molar-refractivity contribution in [3.8, 4) is 11.3 Å². The quantitative estimate of drug-likeness (QED) is 0.307. The average molecular weight is 561 g/mol. The second-order valence-corrected chi connectivity index (χ2v) is 9.75. The molecule has 0 radical (unpaired) electrons. The van der Waals surface area contributed by atoms with Crippen molar-refractivity contribution in [2.45, 2.75) is 32.0 Å². The Labute approximate surface area is 224 Å². The highest BCUT2D eigenvalue weighted by atomic mass is 35.5. The standard InChI is InChI=1S/C25H21ClF4N8O/c1-13(14-5-32-24(33-6-14)37-11-25(2,30)12-37)38-10-15(7-34-38)35-23(39)19-9-31-8-18(36-19)20-16(22(28)29)3-4-17(26)21(20)27/h3-10,13,22H,11-12H2,1-2H3,(H,35,39). The number of rotatable bonds is 7. The molecule has 1 aliphatic rings. The molecule has 1 unspecified atom stereocenters. The van der Waals surface area contributed by atoms with E-state index in [2.05, 4.69) is 30.4 Å². The molecule has 5 rings (SSSR count). The van der Waals surface area contributed by atoms with Gasteiger partial charge in [-0.15, -0.1) is 0 Å². The van der Waals surface area contributed by atoms with Gasteiger partial charge in [-0.3, -0.25) is 14.5 Å². The topological polar surface area (TPSA) is 102 Å². The van der Waals surface area contributed by atoms with Crippen molar-refractivity contribution >= 4 is 29.1 Å². The number of aromatic nitrogens is 6. The van der Waals surface area contributed by atoms with Crippen molar-refractivity contribution < 1.29 is 22.4 Å². The Morgan fingerprint density at radius 3 is 2.51 bits per heavy atom. The number of nitrogens with zero attached hydrogens (tertiary/aromatic N) is 7. The van der Waals surface area contributed by atoms with Gasteiger partial charge in [-0.2, -0.15) is 5.10 Å². The highest BCUT2D eigenvalue weighted by Gasteiger charge is 2.40. The molecular formula is C25H21ClF4N8O. The number of benzene rings is 1. The van der Waals surface area contributed by atoms with Gasteiger partial charge in [0, 0.05) is 35.3 Å². The zero-order valence-electron chi connectivity index (χ0n) is 20.6. The zero-order valence-corrected chi connectivity index (χ0v) is 21.4. The molecule has 1 N–H and O–H groups in total. The predicted octanol–water partition coefficient (Wildman–Crippen LogP) is 5.27. The predicted molar refractivity (Wildman–Crippen MR) is 135 cm³/mol. The summed E-state index contributed by atoms with van der Waals surface area (Å²) in [6.07, 6.45) is 5.44. The molecule has 1 saturated heterocycles. The Bertz CT molecular complexity index is 1520. The van der Waals surface area contributed by atoms with E-state index in [4.69, 9.17) is 11.6 Å². The van der Waals surface area contributed by atoms with Crippen LogP contribution in [0.3, 0.4) is 0 Å². The number of halogens is 5. The maximum atomic E-state index is 14.6. The Morgan fingerprint density at radius 2 is 1.85 bits per heavy atom. The van der Waals surface area contributed by atoms with E-state index in [9.17, 15) is 22.4 Å². The maximum absolute atomic E-state index is 14.6. The number of carbonyl (C=O) groups excluding carboxylic acids is 1. The minimum atomic E-state index is -3.00. The molecule has 1 amide bonds. The van der Waals surface area contributed by atoms with Crippen molar-refractivity contribution in [3.63, 3.8) is 0 Å². The molecule has 0 bridgehead atoms. The highest BCUT2D eigenvalue weighted by Crippen LogP contribution is 2.35. The van der Waals surface area contributed by atoms with Crippen LogP contribution in [0, 0.1) is 5.82 Å². The van der Waals surface area contributed by atoms with E-state index in [0.717, 1.165) is 30.1 Å². The number of nitrogens with one attached hydrogen (secondary N) is 1. The Balaban J connectivity index is 1.30. The molecule has 0 saturated carbocycles. The normalized spacial score (nSPS) is 15.2. The van der Waals surface area contributed by atoms with Crippen molar-refractivity contribution in [1.29, 1.82) is 0 Å². The molecule has 1 aromatic carbocycles. The number of amides is 1. The first kappa shape index (κ1) is 26.5. The zero-order chi connectivity index (χ0) is 27.9. The van der Waals surface area contributed by atoms with Crippen molar-refractivity contribution in [3.05, 3.63) is 77.0 Å². The van der Waals surface area contributed by atoms with Gasteiger partial charge in [-0.05, 0) is 19.9 Å². The number of hydrogen-bond acceptors (Lipinski definition) is 7. The van der Waals surface area contributed by atoms with Gasteiger partial charge in [0.25, 0.3) is 12.3 Å². The monoisotopic (exact) mass is 560 g/mol. The molecule has 1 fully saturated rings. The van der Waals surface area contributed by atoms with Crippen LogP contribution in [0.1, 0.15) is 47.9 Å². The SMILES string of the molecule is CC(c1cnc(N2CC(C)(F)C2)nc1)n1cc(NC(=O)c2cncc(-c3c(C(F)F)ccc(Cl)c3F)n2)cn1. The molecule has 39 heavy (non-hydrogen) atoms. The van der Waals surface area contributed by atoms with Crippen LogP contribution in [-0.4, -0.2) is 54.4 Å². The lowest BCUT2D eigenvalue weighted by atomic mass is 10.00. The fraction of sp³-hybridized carbons (Fsp3) is 0.280. The van der Waals surface area contributed by atoms with Gasteiger partial charge in [0.15, 0.2) is 5.82 Å². The Morgan fingerprint density at radius 1 is 1.13 bits per heavy atom. The second-order valence-electron chi connectivity index (χ2n) is 9.34. The summed E-state index contributed by atoms with van der Waals surface area (Å²) in [4.78, 5) is 31.1. The molecule has 14 heteroatoms. The van der Waals surface area contributed by atoms with Crippen molar-refractivity contribution in [1.82, 2.24) is 29.7 Å². The first-order valence-electron chi connectivity index (χ1n) is 11.7. The molecule has 0 spiro atoms. The molecule has 1 aliphatic heterocycles. The molecule has 1 atom stereocenters. The summed E-state index contributed by atoms with van der Waals surface area (Å²) in [5, 5.41) is 6.51. The van der Waals surface area contributed by atoms with Gasteiger partial charge in [-0.1, -0.05) is 17.7 Å². The first-order chi connectivity index (χ1) is 18.5. The summed E-state index contributed by atoms with van der Waals surface area (Å²) in [6.45, 7) is 3.85. The van der Waals surface area contributed by atoms with Crippen LogP contribution < -0.4 is 10.2 Å². The van der Waals surface area contributed by atoms with E-state index in [1.165, 1.54) is 13.1 Å². The second kappa shape index (κ2) is 10.2. The van der Waals surface area contributed by atoms with Crippen LogP contribution in [0.25, 0.3) is 11.3 Å². The average Bonchev–Trinajstić information content (AvgIpc) is 3.36. The number of hydrogen-bond donors (Lipinski definition) is 1. The summed E-state index contributed by atoms with van der Waals surface area (Å²) in [5.74, 6) is -1.35. The number of anilines is 2. The molecule has 0 aliphatic carbocycles. The number of carbonyl (C=O) groups is 1. The fourth-order valence-electron chi connectivity index (χ4n) is 4.17. The van der Waals surface area contributed by atoms with Gasteiger partial charge in [-0.25, -0.2) is 32.5 Å². The first-order valence-corrected chi connectivity index (χ1v) is 12.1. The van der Waals surface area contributed by atoms with E-state index in [0.29, 0.717) is 11.6 Å². The smallest absolute Gasteiger partial charge is 0.275 e. The van der Waals surface area contributed by atoms with E-state index in [1.807, 2.05) is 6.92 Å². The lowest BCUT2D eigenvalue weighted by molar-refractivity contribution is 0.102. The lowest BCUT2D eigenvalue weighted by Gasteiger charge is -2.42. The molecule has 3 aromatic heterocycles. The van der Waals surface area contributed by atoms with Crippen molar-refractivity contribution in [2.24, 2.45) is 0 Å². The van der Waals surface area contributed by atoms with E-state index < -0.39 is 34.9 Å². The van der Waals surface area contributed by atoms with Crippen molar-refractivity contribution in [2.75, 3.05) is 23.3 Å². The number of alkyl halides is 3. The summed E-state index contributed by atoms with van der Waals surface area (Å²) in [7, 11) is 0. The fourth-order valence-corrected chi connectivity index (χ4v) is 4.32. The van der Waals surface area contributed by atoms with Gasteiger partial charge in [0.2, 0.25) is 5.95 Å². The van der Waals surface area contributed by atoms with Gasteiger partial charge in [0.1, 0.15) is 11.4 Å². The summed E-state index contributed by atoms with van der Waals surface area (Å²) in [5.41, 5.74) is -1.82. The van der Waals surface area contributed by atoms with Crippen LogP contribution in [0.2, 0.25) is 5.02 Å². The van der Waals surface area contributed by atoms with Gasteiger partial charge >= 0.3 is 0 Å². The van der Waals surface area contributed by atoms with Gasteiger partial charge < -0.3 is 10.2 Å². The minimum absolute atomic E-state index is 0.229. The maximum Gasteiger partial charge on any atom is 0.275 e. The summed E-state index contributed by atoms with van der Waals surface area (Å²) < 4.78 is 57.0. The van der Waals surface area contributed by atoms with Crippen LogP contribution in [0.5, 0.6) is 0 Å². The third kappa shape index (κ3) is 5.39. The molecular weight excluding hydrogens is 540 g/mol. The van der Waals surface area contributed by atoms with E-state index in [-0.39, 0.29) is 35.5 Å². The van der Waals surface area contributed by atoms with Crippen LogP contribution >= 0.6 is 11.6 Å². The highest BCUT2D eigenvalue weighted by molar-refractivity contribution is 6.31. The van der Waals surface area contributed by atoms with E-state index in [1.54, 1.807) is 28.2 Å². The molecule has 4 heterocycles. The third-order valence-corrected chi connectivity index (χ3v) is 6.50. The van der Waals surface area contributed by atoms with Crippen LogP contribution in [0.4, 0.5) is 29.2 Å².